The minimum absolute atomic E-state index is 0.0721. The lowest BCUT2D eigenvalue weighted by molar-refractivity contribution is 0.102. The fourth-order valence-electron chi connectivity index (χ4n) is 3.40. The second-order valence-corrected chi connectivity index (χ2v) is 9.37. The van der Waals surface area contributed by atoms with Gasteiger partial charge in [0, 0.05) is 22.9 Å². The van der Waals surface area contributed by atoms with Crippen LogP contribution < -0.4 is 11.2 Å². The van der Waals surface area contributed by atoms with Crippen LogP contribution in [0, 0.1) is 0 Å². The SMILES string of the molecule is CCS(=O)(=O)c1cc(-c2cc(C(=O)Nc3ccccc3)cc3ccc(C=NN)cc23)co1. The topological polar surface area (TPSA) is 115 Å². The van der Waals surface area contributed by atoms with Crippen LogP contribution in [-0.2, 0) is 9.84 Å². The molecule has 0 spiro atoms. The van der Waals surface area contributed by atoms with Gasteiger partial charge >= 0.3 is 0 Å². The molecule has 0 aliphatic heterocycles. The maximum atomic E-state index is 13.0. The average molecular weight is 448 g/mol. The van der Waals surface area contributed by atoms with Gasteiger partial charge in [0.2, 0.25) is 14.9 Å². The molecule has 0 aliphatic rings. The first-order valence-electron chi connectivity index (χ1n) is 9.90. The molecular formula is C24H21N3O4S. The highest BCUT2D eigenvalue weighted by molar-refractivity contribution is 7.91. The summed E-state index contributed by atoms with van der Waals surface area (Å²) in [5.41, 5.74) is 3.09. The van der Waals surface area contributed by atoms with Gasteiger partial charge in [-0.05, 0) is 52.2 Å². The van der Waals surface area contributed by atoms with Gasteiger partial charge in [0.15, 0.2) is 0 Å². The Morgan fingerprint density at radius 3 is 2.59 bits per heavy atom. The summed E-state index contributed by atoms with van der Waals surface area (Å²) in [6.07, 6.45) is 2.90. The highest BCUT2D eigenvalue weighted by atomic mass is 32.2. The molecule has 0 atom stereocenters. The van der Waals surface area contributed by atoms with Crippen molar-refractivity contribution >= 4 is 38.4 Å². The molecule has 1 heterocycles. The van der Waals surface area contributed by atoms with E-state index in [0.717, 1.165) is 16.3 Å². The van der Waals surface area contributed by atoms with E-state index < -0.39 is 9.84 Å². The van der Waals surface area contributed by atoms with Gasteiger partial charge in [-0.2, -0.15) is 5.10 Å². The quantitative estimate of drug-likeness (QED) is 0.258. The van der Waals surface area contributed by atoms with Crippen LogP contribution in [0.5, 0.6) is 0 Å². The maximum Gasteiger partial charge on any atom is 0.255 e. The second kappa shape index (κ2) is 8.68. The lowest BCUT2D eigenvalue weighted by Crippen LogP contribution is -2.12. The summed E-state index contributed by atoms with van der Waals surface area (Å²) in [5, 5.41) is 7.94. The summed E-state index contributed by atoms with van der Waals surface area (Å²) in [6.45, 7) is 1.56. The highest BCUT2D eigenvalue weighted by Crippen LogP contribution is 2.33. The van der Waals surface area contributed by atoms with Crippen molar-refractivity contribution in [2.24, 2.45) is 10.9 Å². The van der Waals surface area contributed by atoms with Crippen LogP contribution in [0.1, 0.15) is 22.8 Å². The summed E-state index contributed by atoms with van der Waals surface area (Å²) in [6, 6.07) is 19.7. The number of sulfone groups is 1. The number of hydrogen-bond donors (Lipinski definition) is 2. The largest absolute Gasteiger partial charge is 0.452 e. The molecule has 1 aromatic heterocycles. The van der Waals surface area contributed by atoms with Crippen LogP contribution in [-0.4, -0.2) is 26.3 Å². The molecule has 0 unspecified atom stereocenters. The number of benzene rings is 3. The van der Waals surface area contributed by atoms with Crippen molar-refractivity contribution in [2.45, 2.75) is 12.0 Å². The number of nitrogens with zero attached hydrogens (tertiary/aromatic N) is 1. The van der Waals surface area contributed by atoms with Crippen molar-refractivity contribution in [3.8, 4) is 11.1 Å². The number of carbonyl (C=O) groups is 1. The Bertz CT molecular complexity index is 1420. The van der Waals surface area contributed by atoms with Crippen molar-refractivity contribution in [3.05, 3.63) is 84.1 Å². The number of hydrogen-bond acceptors (Lipinski definition) is 6. The van der Waals surface area contributed by atoms with E-state index in [1.54, 1.807) is 31.2 Å². The first-order valence-corrected chi connectivity index (χ1v) is 11.6. The smallest absolute Gasteiger partial charge is 0.255 e. The fourth-order valence-corrected chi connectivity index (χ4v) is 4.19. The van der Waals surface area contributed by atoms with Crippen LogP contribution in [0.2, 0.25) is 0 Å². The number of nitrogens with two attached hydrogens (primary N) is 1. The standard InChI is InChI=1S/C24H21N3O4S/c1-2-32(29,30)23-13-19(15-31-23)22-12-18(24(28)27-20-6-4-3-5-7-20)11-17-9-8-16(14-26-25)10-21(17)22/h3-15H,2,25H2,1H3,(H,27,28). The second-order valence-electron chi connectivity index (χ2n) is 7.16. The molecule has 0 fully saturated rings. The molecular weight excluding hydrogens is 426 g/mol. The van der Waals surface area contributed by atoms with Gasteiger partial charge in [-0.1, -0.05) is 37.3 Å². The average Bonchev–Trinajstić information content (AvgIpc) is 3.30. The van der Waals surface area contributed by atoms with E-state index in [2.05, 4.69) is 10.4 Å². The Labute approximate surface area is 185 Å². The van der Waals surface area contributed by atoms with Crippen LogP contribution >= 0.6 is 0 Å². The number of fused-ring (bicyclic) bond motifs is 1. The molecule has 4 aromatic rings. The zero-order chi connectivity index (χ0) is 22.7. The Morgan fingerprint density at radius 1 is 1.09 bits per heavy atom. The van der Waals surface area contributed by atoms with Crippen molar-refractivity contribution in [1.82, 2.24) is 0 Å². The molecule has 7 nitrogen and oxygen atoms in total. The number of para-hydroxylation sites is 1. The number of carbonyl (C=O) groups excluding carboxylic acids is 1. The van der Waals surface area contributed by atoms with Crippen molar-refractivity contribution in [3.63, 3.8) is 0 Å². The van der Waals surface area contributed by atoms with Crippen molar-refractivity contribution in [2.75, 3.05) is 11.1 Å². The number of rotatable bonds is 6. The van der Waals surface area contributed by atoms with E-state index in [0.29, 0.717) is 22.4 Å². The molecule has 8 heteroatoms. The Morgan fingerprint density at radius 2 is 1.88 bits per heavy atom. The predicted octanol–water partition coefficient (Wildman–Crippen LogP) is 4.44. The van der Waals surface area contributed by atoms with Crippen LogP contribution in [0.3, 0.4) is 0 Å². The minimum Gasteiger partial charge on any atom is -0.452 e. The Kier molecular flexibility index (Phi) is 5.79. The summed E-state index contributed by atoms with van der Waals surface area (Å²) in [5.74, 6) is 4.94. The van der Waals surface area contributed by atoms with Crippen molar-refractivity contribution in [1.29, 1.82) is 0 Å². The predicted molar refractivity (Wildman–Crippen MR) is 126 cm³/mol. The lowest BCUT2D eigenvalue weighted by Gasteiger charge is -2.11. The number of nitrogens with one attached hydrogen (secondary N) is 1. The normalized spacial score (nSPS) is 11.8. The van der Waals surface area contributed by atoms with E-state index in [-0.39, 0.29) is 16.8 Å². The number of amides is 1. The van der Waals surface area contributed by atoms with Gasteiger partial charge in [0.05, 0.1) is 12.0 Å². The van der Waals surface area contributed by atoms with Gasteiger partial charge in [0.1, 0.15) is 6.26 Å². The molecule has 0 radical (unpaired) electrons. The molecule has 3 aromatic carbocycles. The molecule has 0 bridgehead atoms. The molecule has 4 rings (SSSR count). The molecule has 0 saturated heterocycles. The van der Waals surface area contributed by atoms with E-state index >= 15 is 0 Å². The van der Waals surface area contributed by atoms with Gasteiger partial charge in [-0.3, -0.25) is 4.79 Å². The third kappa shape index (κ3) is 4.26. The van der Waals surface area contributed by atoms with Crippen LogP contribution in [0.4, 0.5) is 5.69 Å². The Balaban J connectivity index is 1.86. The summed E-state index contributed by atoms with van der Waals surface area (Å²) in [7, 11) is -3.51. The summed E-state index contributed by atoms with van der Waals surface area (Å²) < 4.78 is 29.8. The first kappa shape index (κ1) is 21.3. The van der Waals surface area contributed by atoms with E-state index in [4.69, 9.17) is 10.3 Å². The number of anilines is 1. The van der Waals surface area contributed by atoms with Gasteiger partial charge < -0.3 is 15.6 Å². The number of furan rings is 1. The van der Waals surface area contributed by atoms with Crippen LogP contribution in [0.25, 0.3) is 21.9 Å². The molecule has 3 N–H and O–H groups in total. The maximum absolute atomic E-state index is 13.0. The first-order chi connectivity index (χ1) is 15.4. The van der Waals surface area contributed by atoms with E-state index in [9.17, 15) is 13.2 Å². The molecule has 162 valence electrons. The van der Waals surface area contributed by atoms with Crippen molar-refractivity contribution < 1.29 is 17.6 Å². The zero-order valence-electron chi connectivity index (χ0n) is 17.3. The van der Waals surface area contributed by atoms with Gasteiger partial charge in [-0.15, -0.1) is 0 Å². The molecule has 32 heavy (non-hydrogen) atoms. The third-order valence-electron chi connectivity index (χ3n) is 5.07. The monoisotopic (exact) mass is 447 g/mol. The minimum atomic E-state index is -3.51. The highest BCUT2D eigenvalue weighted by Gasteiger charge is 2.19. The van der Waals surface area contributed by atoms with E-state index in [1.807, 2.05) is 36.4 Å². The zero-order valence-corrected chi connectivity index (χ0v) is 18.1. The molecule has 0 saturated carbocycles. The van der Waals surface area contributed by atoms with E-state index in [1.165, 1.54) is 18.5 Å². The Hall–Kier alpha value is -3.91. The molecule has 1 amide bonds. The number of hydrazone groups is 1. The summed E-state index contributed by atoms with van der Waals surface area (Å²) >= 11 is 0. The van der Waals surface area contributed by atoms with Gasteiger partial charge in [0.25, 0.3) is 5.91 Å². The summed E-state index contributed by atoms with van der Waals surface area (Å²) in [4.78, 5) is 13.0. The third-order valence-corrected chi connectivity index (χ3v) is 6.66. The van der Waals surface area contributed by atoms with Gasteiger partial charge in [-0.25, -0.2) is 8.42 Å². The lowest BCUT2D eigenvalue weighted by atomic mass is 9.95. The molecule has 0 aliphatic carbocycles. The fraction of sp³-hybridized carbons (Fsp3) is 0.0833. The van der Waals surface area contributed by atoms with Crippen LogP contribution in [0.15, 0.2) is 87.6 Å².